The van der Waals surface area contributed by atoms with Crippen molar-refractivity contribution in [2.24, 2.45) is 5.73 Å². The van der Waals surface area contributed by atoms with Gasteiger partial charge in [-0.25, -0.2) is 0 Å². The van der Waals surface area contributed by atoms with E-state index >= 15 is 0 Å². The van der Waals surface area contributed by atoms with Crippen molar-refractivity contribution in [3.63, 3.8) is 0 Å². The van der Waals surface area contributed by atoms with E-state index in [1.165, 1.54) is 11.1 Å². The van der Waals surface area contributed by atoms with Crippen molar-refractivity contribution in [1.29, 1.82) is 0 Å². The molecule has 0 spiro atoms. The average molecular weight is 220 g/mol. The Morgan fingerprint density at radius 2 is 1.94 bits per heavy atom. The van der Waals surface area contributed by atoms with Crippen molar-refractivity contribution < 1.29 is 4.79 Å². The van der Waals surface area contributed by atoms with Gasteiger partial charge < -0.3 is 11.1 Å². The Labute approximate surface area is 97.0 Å². The van der Waals surface area contributed by atoms with Gasteiger partial charge in [-0.2, -0.15) is 0 Å². The van der Waals surface area contributed by atoms with E-state index in [1.54, 1.807) is 0 Å². The van der Waals surface area contributed by atoms with Crippen LogP contribution in [0.15, 0.2) is 18.2 Å². The monoisotopic (exact) mass is 220 g/mol. The third-order valence-electron chi connectivity index (χ3n) is 2.41. The van der Waals surface area contributed by atoms with E-state index in [9.17, 15) is 4.79 Å². The summed E-state index contributed by atoms with van der Waals surface area (Å²) in [7, 11) is 0. The normalized spacial score (nSPS) is 11.3. The number of anilines is 1. The fourth-order valence-corrected chi connectivity index (χ4v) is 1.44. The third kappa shape index (κ3) is 4.03. The molecule has 0 aromatic heterocycles. The maximum absolute atomic E-state index is 11.6. The van der Waals surface area contributed by atoms with Crippen LogP contribution in [0.2, 0.25) is 0 Å². The van der Waals surface area contributed by atoms with Crippen molar-refractivity contribution in [2.45, 2.75) is 39.7 Å². The zero-order valence-corrected chi connectivity index (χ0v) is 10.4. The Bertz CT molecular complexity index is 391. The summed E-state index contributed by atoms with van der Waals surface area (Å²) in [5, 5.41) is 2.85. The maximum Gasteiger partial charge on any atom is 0.226 e. The number of nitrogens with two attached hydrogens (primary N) is 1. The van der Waals surface area contributed by atoms with E-state index in [0.717, 1.165) is 5.69 Å². The Balaban J connectivity index is 2.67. The summed E-state index contributed by atoms with van der Waals surface area (Å²) in [6.07, 6.45) is 0.319. The van der Waals surface area contributed by atoms with E-state index in [2.05, 4.69) is 5.32 Å². The molecule has 0 unspecified atom stereocenters. The first-order valence-electron chi connectivity index (χ1n) is 5.44. The number of benzene rings is 1. The van der Waals surface area contributed by atoms with Gasteiger partial charge in [0.1, 0.15) is 0 Å². The summed E-state index contributed by atoms with van der Waals surface area (Å²) in [5.74, 6) is -0.0456. The van der Waals surface area contributed by atoms with Crippen LogP contribution < -0.4 is 11.1 Å². The van der Waals surface area contributed by atoms with Crippen LogP contribution in [-0.2, 0) is 4.79 Å². The highest BCUT2D eigenvalue weighted by Gasteiger charge is 2.16. The van der Waals surface area contributed by atoms with Gasteiger partial charge in [-0.3, -0.25) is 4.79 Å². The molecule has 0 radical (unpaired) electrons. The number of carbonyl (C=O) groups excluding carboxylic acids is 1. The van der Waals surface area contributed by atoms with Crippen molar-refractivity contribution in [1.82, 2.24) is 0 Å². The molecule has 1 aromatic rings. The number of amides is 1. The lowest BCUT2D eigenvalue weighted by molar-refractivity contribution is -0.117. The van der Waals surface area contributed by atoms with Crippen LogP contribution in [0.3, 0.4) is 0 Å². The molecule has 0 bridgehead atoms. The number of carbonyl (C=O) groups is 1. The summed E-state index contributed by atoms with van der Waals surface area (Å²) in [6.45, 7) is 7.75. The van der Waals surface area contributed by atoms with Crippen molar-refractivity contribution >= 4 is 11.6 Å². The van der Waals surface area contributed by atoms with E-state index in [4.69, 9.17) is 5.73 Å². The first-order valence-corrected chi connectivity index (χ1v) is 5.44. The van der Waals surface area contributed by atoms with Gasteiger partial charge >= 0.3 is 0 Å². The second-order valence-corrected chi connectivity index (χ2v) is 5.01. The summed E-state index contributed by atoms with van der Waals surface area (Å²) < 4.78 is 0. The molecule has 0 saturated carbocycles. The lowest BCUT2D eigenvalue weighted by Gasteiger charge is -2.17. The minimum Gasteiger partial charge on any atom is -0.326 e. The SMILES string of the molecule is Cc1ccc(NC(=O)CC(C)(C)N)cc1C. The number of rotatable bonds is 3. The molecule has 0 aliphatic carbocycles. The molecule has 0 saturated heterocycles. The number of nitrogens with one attached hydrogen (secondary N) is 1. The van der Waals surface area contributed by atoms with Crippen LogP contribution >= 0.6 is 0 Å². The third-order valence-corrected chi connectivity index (χ3v) is 2.41. The van der Waals surface area contributed by atoms with Gasteiger partial charge in [0.05, 0.1) is 0 Å². The minimum atomic E-state index is -0.468. The summed E-state index contributed by atoms with van der Waals surface area (Å²) in [5.41, 5.74) is 8.54. The molecule has 0 aliphatic heterocycles. The molecule has 1 aromatic carbocycles. The van der Waals surface area contributed by atoms with Gasteiger partial charge in [0.2, 0.25) is 5.91 Å². The van der Waals surface area contributed by atoms with Crippen LogP contribution in [0.25, 0.3) is 0 Å². The smallest absolute Gasteiger partial charge is 0.226 e. The zero-order valence-electron chi connectivity index (χ0n) is 10.4. The van der Waals surface area contributed by atoms with Crippen LogP contribution in [-0.4, -0.2) is 11.4 Å². The summed E-state index contributed by atoms with van der Waals surface area (Å²) in [4.78, 5) is 11.6. The Morgan fingerprint density at radius 3 is 2.44 bits per heavy atom. The summed E-state index contributed by atoms with van der Waals surface area (Å²) in [6, 6.07) is 5.87. The highest BCUT2D eigenvalue weighted by molar-refractivity contribution is 5.91. The fourth-order valence-electron chi connectivity index (χ4n) is 1.44. The number of aryl methyl sites for hydroxylation is 2. The van der Waals surface area contributed by atoms with Gasteiger partial charge in [0, 0.05) is 17.6 Å². The minimum absolute atomic E-state index is 0.0456. The van der Waals surface area contributed by atoms with Gasteiger partial charge in [0.25, 0.3) is 0 Å². The predicted molar refractivity (Wildman–Crippen MR) is 67.4 cm³/mol. The van der Waals surface area contributed by atoms with E-state index in [1.807, 2.05) is 45.9 Å². The highest BCUT2D eigenvalue weighted by atomic mass is 16.1. The van der Waals surface area contributed by atoms with E-state index in [0.29, 0.717) is 6.42 Å². The molecule has 88 valence electrons. The molecule has 1 rings (SSSR count). The molecule has 3 heteroatoms. The average Bonchev–Trinajstić information content (AvgIpc) is 2.08. The highest BCUT2D eigenvalue weighted by Crippen LogP contribution is 2.15. The van der Waals surface area contributed by atoms with E-state index in [-0.39, 0.29) is 5.91 Å². The van der Waals surface area contributed by atoms with Crippen LogP contribution in [0, 0.1) is 13.8 Å². The molecule has 3 N–H and O–H groups in total. The lowest BCUT2D eigenvalue weighted by Crippen LogP contribution is -2.36. The summed E-state index contributed by atoms with van der Waals surface area (Å²) >= 11 is 0. The van der Waals surface area contributed by atoms with Gasteiger partial charge in [0.15, 0.2) is 0 Å². The van der Waals surface area contributed by atoms with Crippen molar-refractivity contribution in [2.75, 3.05) is 5.32 Å². The van der Waals surface area contributed by atoms with Crippen LogP contribution in [0.1, 0.15) is 31.4 Å². The molecule has 3 nitrogen and oxygen atoms in total. The van der Waals surface area contributed by atoms with Crippen LogP contribution in [0.4, 0.5) is 5.69 Å². The molecule has 0 aliphatic rings. The first-order chi connectivity index (χ1) is 7.28. The zero-order chi connectivity index (χ0) is 12.3. The van der Waals surface area contributed by atoms with Gasteiger partial charge in [-0.15, -0.1) is 0 Å². The largest absolute Gasteiger partial charge is 0.326 e. The second kappa shape index (κ2) is 4.66. The first kappa shape index (κ1) is 12.7. The standard InChI is InChI=1S/C13H20N2O/c1-9-5-6-11(7-10(9)2)15-12(16)8-13(3,4)14/h5-7H,8,14H2,1-4H3,(H,15,16). The predicted octanol–water partition coefficient (Wildman–Crippen LogP) is 2.37. The molecule has 0 atom stereocenters. The fraction of sp³-hybridized carbons (Fsp3) is 0.462. The Kier molecular flexibility index (Phi) is 3.70. The molecular weight excluding hydrogens is 200 g/mol. The molecule has 16 heavy (non-hydrogen) atoms. The van der Waals surface area contributed by atoms with Gasteiger partial charge in [-0.1, -0.05) is 6.07 Å². The van der Waals surface area contributed by atoms with E-state index < -0.39 is 5.54 Å². The Morgan fingerprint density at radius 1 is 1.31 bits per heavy atom. The molecule has 1 amide bonds. The van der Waals surface area contributed by atoms with Crippen molar-refractivity contribution in [3.8, 4) is 0 Å². The number of hydrogen-bond acceptors (Lipinski definition) is 2. The lowest BCUT2D eigenvalue weighted by atomic mass is 10.0. The molecular formula is C13H20N2O. The van der Waals surface area contributed by atoms with Crippen molar-refractivity contribution in [3.05, 3.63) is 29.3 Å². The molecule has 0 heterocycles. The maximum atomic E-state index is 11.6. The van der Waals surface area contributed by atoms with Crippen LogP contribution in [0.5, 0.6) is 0 Å². The molecule has 0 fully saturated rings. The quantitative estimate of drug-likeness (QED) is 0.821. The van der Waals surface area contributed by atoms with Gasteiger partial charge in [-0.05, 0) is 51.0 Å². The number of hydrogen-bond donors (Lipinski definition) is 2. The second-order valence-electron chi connectivity index (χ2n) is 5.01. The topological polar surface area (TPSA) is 55.1 Å². The Hall–Kier alpha value is -1.35.